The maximum atomic E-state index is 11.7. The summed E-state index contributed by atoms with van der Waals surface area (Å²) in [5.74, 6) is -0.291. The molecule has 0 amide bonds. The molecular formula is C14H17NO2. The first-order chi connectivity index (χ1) is 8.21. The highest BCUT2D eigenvalue weighted by Crippen LogP contribution is 2.14. The minimum absolute atomic E-state index is 0.291. The molecule has 0 aliphatic rings. The smallest absolute Gasteiger partial charge is 0.338 e. The second-order valence-electron chi connectivity index (χ2n) is 3.77. The molecule has 1 aromatic rings. The van der Waals surface area contributed by atoms with Crippen LogP contribution in [0, 0.1) is 11.3 Å². The summed E-state index contributed by atoms with van der Waals surface area (Å²) >= 11 is 0. The third-order valence-corrected chi connectivity index (χ3v) is 2.50. The van der Waals surface area contributed by atoms with E-state index in [1.165, 1.54) is 0 Å². The second-order valence-corrected chi connectivity index (χ2v) is 3.77. The van der Waals surface area contributed by atoms with Crippen LogP contribution >= 0.6 is 0 Å². The normalized spacial score (nSPS) is 9.71. The van der Waals surface area contributed by atoms with E-state index in [-0.39, 0.29) is 5.97 Å². The number of carbonyl (C=O) groups is 1. The molecule has 0 saturated heterocycles. The van der Waals surface area contributed by atoms with E-state index in [2.05, 4.69) is 6.07 Å². The van der Waals surface area contributed by atoms with Crippen molar-refractivity contribution in [2.75, 3.05) is 6.61 Å². The number of hydrogen-bond donors (Lipinski definition) is 0. The van der Waals surface area contributed by atoms with E-state index in [9.17, 15) is 4.79 Å². The maximum absolute atomic E-state index is 11.7. The lowest BCUT2D eigenvalue weighted by atomic mass is 10.0. The van der Waals surface area contributed by atoms with Crippen molar-refractivity contribution in [2.45, 2.75) is 33.1 Å². The largest absolute Gasteiger partial charge is 0.462 e. The fourth-order valence-corrected chi connectivity index (χ4v) is 1.64. The molecule has 1 aromatic carbocycles. The molecule has 0 radical (unpaired) electrons. The zero-order chi connectivity index (χ0) is 12.7. The highest BCUT2D eigenvalue weighted by atomic mass is 16.5. The number of ether oxygens (including phenoxy) is 1. The Kier molecular flexibility index (Phi) is 5.22. The number of esters is 1. The van der Waals surface area contributed by atoms with E-state index in [1.807, 2.05) is 25.1 Å². The van der Waals surface area contributed by atoms with Crippen LogP contribution in [0.3, 0.4) is 0 Å². The highest BCUT2D eigenvalue weighted by molar-refractivity contribution is 5.89. The molecule has 0 atom stereocenters. The monoisotopic (exact) mass is 231 g/mol. The zero-order valence-electron chi connectivity index (χ0n) is 10.3. The average molecular weight is 231 g/mol. The van der Waals surface area contributed by atoms with Crippen LogP contribution in [0.1, 0.15) is 41.8 Å². The number of hydrogen-bond acceptors (Lipinski definition) is 3. The lowest BCUT2D eigenvalue weighted by Crippen LogP contribution is -2.06. The number of nitriles is 1. The van der Waals surface area contributed by atoms with E-state index >= 15 is 0 Å². The Hall–Kier alpha value is -1.82. The third-order valence-electron chi connectivity index (χ3n) is 2.50. The van der Waals surface area contributed by atoms with Gasteiger partial charge in [0.2, 0.25) is 0 Å². The van der Waals surface area contributed by atoms with Gasteiger partial charge >= 0.3 is 5.97 Å². The van der Waals surface area contributed by atoms with Crippen molar-refractivity contribution in [3.63, 3.8) is 0 Å². The number of benzene rings is 1. The first kappa shape index (κ1) is 13.2. The van der Waals surface area contributed by atoms with Gasteiger partial charge in [-0.1, -0.05) is 13.0 Å². The summed E-state index contributed by atoms with van der Waals surface area (Å²) in [6.45, 7) is 4.21. The van der Waals surface area contributed by atoms with Gasteiger partial charge < -0.3 is 4.74 Å². The predicted molar refractivity (Wildman–Crippen MR) is 65.7 cm³/mol. The van der Waals surface area contributed by atoms with E-state index in [4.69, 9.17) is 10.00 Å². The summed E-state index contributed by atoms with van der Waals surface area (Å²) in [4.78, 5) is 11.7. The summed E-state index contributed by atoms with van der Waals surface area (Å²) in [6, 6.07) is 7.82. The molecule has 0 spiro atoms. The molecule has 0 aromatic heterocycles. The first-order valence-electron chi connectivity index (χ1n) is 5.88. The number of rotatable bonds is 5. The Bertz CT molecular complexity index is 432. The Morgan fingerprint density at radius 2 is 2.00 bits per heavy atom. The summed E-state index contributed by atoms with van der Waals surface area (Å²) in [5.41, 5.74) is 2.71. The Labute approximate surface area is 102 Å². The molecule has 0 unspecified atom stereocenters. The fourth-order valence-electron chi connectivity index (χ4n) is 1.64. The Balaban J connectivity index is 2.97. The van der Waals surface area contributed by atoms with Crippen LogP contribution in [0.15, 0.2) is 18.2 Å². The van der Waals surface area contributed by atoms with Gasteiger partial charge in [-0.3, -0.25) is 0 Å². The maximum Gasteiger partial charge on any atom is 0.338 e. The van der Waals surface area contributed by atoms with Crippen molar-refractivity contribution in [3.8, 4) is 6.07 Å². The molecule has 0 fully saturated rings. The molecule has 0 heterocycles. The fraction of sp³-hybridized carbons (Fsp3) is 0.429. The summed E-state index contributed by atoms with van der Waals surface area (Å²) < 4.78 is 4.98. The quantitative estimate of drug-likeness (QED) is 0.732. The molecule has 3 heteroatoms. The lowest BCUT2D eigenvalue weighted by Gasteiger charge is -2.07. The molecular weight excluding hydrogens is 214 g/mol. The summed E-state index contributed by atoms with van der Waals surface area (Å²) in [7, 11) is 0. The van der Waals surface area contributed by atoms with Gasteiger partial charge in [-0.25, -0.2) is 4.79 Å². The molecule has 0 bridgehead atoms. The van der Waals surface area contributed by atoms with Crippen LogP contribution in [-0.2, 0) is 17.6 Å². The van der Waals surface area contributed by atoms with E-state index in [0.717, 1.165) is 17.5 Å². The van der Waals surface area contributed by atoms with E-state index in [1.54, 1.807) is 6.92 Å². The second kappa shape index (κ2) is 6.70. The molecule has 17 heavy (non-hydrogen) atoms. The Morgan fingerprint density at radius 3 is 2.59 bits per heavy atom. The average Bonchev–Trinajstić information content (AvgIpc) is 2.36. The van der Waals surface area contributed by atoms with Gasteiger partial charge in [0.05, 0.1) is 18.2 Å². The zero-order valence-corrected chi connectivity index (χ0v) is 10.3. The van der Waals surface area contributed by atoms with E-state index in [0.29, 0.717) is 25.0 Å². The first-order valence-corrected chi connectivity index (χ1v) is 5.88. The van der Waals surface area contributed by atoms with Gasteiger partial charge in [0.15, 0.2) is 0 Å². The minimum Gasteiger partial charge on any atom is -0.462 e. The van der Waals surface area contributed by atoms with Gasteiger partial charge in [0.25, 0.3) is 0 Å². The van der Waals surface area contributed by atoms with Gasteiger partial charge in [-0.05, 0) is 43.0 Å². The summed E-state index contributed by atoms with van der Waals surface area (Å²) in [6.07, 6.45) is 2.01. The van der Waals surface area contributed by atoms with Crippen molar-refractivity contribution < 1.29 is 9.53 Å². The molecule has 1 rings (SSSR count). The lowest BCUT2D eigenvalue weighted by molar-refractivity contribution is 0.0526. The molecule has 0 aliphatic carbocycles. The van der Waals surface area contributed by atoms with Crippen LogP contribution < -0.4 is 0 Å². The van der Waals surface area contributed by atoms with Crippen LogP contribution in [0.4, 0.5) is 0 Å². The molecule has 3 nitrogen and oxygen atoms in total. The van der Waals surface area contributed by atoms with Crippen molar-refractivity contribution in [2.24, 2.45) is 0 Å². The van der Waals surface area contributed by atoms with Crippen molar-refractivity contribution in [1.82, 2.24) is 0 Å². The van der Waals surface area contributed by atoms with Crippen LogP contribution in [0.5, 0.6) is 0 Å². The minimum atomic E-state index is -0.291. The van der Waals surface area contributed by atoms with Crippen molar-refractivity contribution >= 4 is 5.97 Å². The number of aryl methyl sites for hydroxylation is 2. The van der Waals surface area contributed by atoms with Crippen molar-refractivity contribution in [3.05, 3.63) is 34.9 Å². The standard InChI is InChI=1S/C14H17NO2/c1-3-11-8-12(6-5-7-15)10-13(9-11)14(16)17-4-2/h8-10H,3-6H2,1-2H3. The van der Waals surface area contributed by atoms with Gasteiger partial charge in [0, 0.05) is 6.42 Å². The number of nitrogens with zero attached hydrogens (tertiary/aromatic N) is 1. The van der Waals surface area contributed by atoms with Crippen LogP contribution in [0.25, 0.3) is 0 Å². The molecule has 0 saturated carbocycles. The molecule has 0 N–H and O–H groups in total. The van der Waals surface area contributed by atoms with E-state index < -0.39 is 0 Å². The molecule has 0 aliphatic heterocycles. The number of carbonyl (C=O) groups excluding carboxylic acids is 1. The van der Waals surface area contributed by atoms with Gasteiger partial charge in [-0.2, -0.15) is 5.26 Å². The molecule has 90 valence electrons. The van der Waals surface area contributed by atoms with Crippen LogP contribution in [0.2, 0.25) is 0 Å². The van der Waals surface area contributed by atoms with Crippen LogP contribution in [-0.4, -0.2) is 12.6 Å². The SMILES string of the molecule is CCOC(=O)c1cc(CC)cc(CCC#N)c1. The third kappa shape index (κ3) is 3.92. The van der Waals surface area contributed by atoms with Gasteiger partial charge in [-0.15, -0.1) is 0 Å². The van der Waals surface area contributed by atoms with Gasteiger partial charge in [0.1, 0.15) is 0 Å². The highest BCUT2D eigenvalue weighted by Gasteiger charge is 2.09. The Morgan fingerprint density at radius 1 is 1.29 bits per heavy atom. The summed E-state index contributed by atoms with van der Waals surface area (Å²) in [5, 5.41) is 8.58. The predicted octanol–water partition coefficient (Wildman–Crippen LogP) is 2.88. The topological polar surface area (TPSA) is 50.1 Å². The van der Waals surface area contributed by atoms with Crippen molar-refractivity contribution in [1.29, 1.82) is 5.26 Å².